The van der Waals surface area contributed by atoms with E-state index in [-0.39, 0.29) is 18.0 Å². The summed E-state index contributed by atoms with van der Waals surface area (Å²) in [6.45, 7) is 3.22. The van der Waals surface area contributed by atoms with Crippen LogP contribution in [0, 0.1) is 0 Å². The standard InChI is InChI=1S/C26H31N5O2/c1-33-15-14-30-17-22(19-8-4-2-5-9-19)24(18-30)27-26(32)28-25-16-23(20-12-13-20)29-31(25)21-10-6-3-7-11-21/h2-11,16,20,22,24H,12-15,17-18H2,1H3,(H2,27,28,32). The zero-order valence-electron chi connectivity index (χ0n) is 19.0. The normalized spacial score (nSPS) is 20.6. The molecule has 1 aromatic heterocycles. The lowest BCUT2D eigenvalue weighted by Gasteiger charge is -2.20. The van der Waals surface area contributed by atoms with Gasteiger partial charge < -0.3 is 10.1 Å². The van der Waals surface area contributed by atoms with Gasteiger partial charge in [0, 0.05) is 44.6 Å². The number of urea groups is 1. The van der Waals surface area contributed by atoms with Gasteiger partial charge in [0.25, 0.3) is 0 Å². The van der Waals surface area contributed by atoms with Crippen molar-refractivity contribution < 1.29 is 9.53 Å². The minimum Gasteiger partial charge on any atom is -0.383 e. The molecule has 3 aromatic rings. The van der Waals surface area contributed by atoms with Crippen molar-refractivity contribution in [2.75, 3.05) is 38.7 Å². The number of hydrogen-bond acceptors (Lipinski definition) is 4. The van der Waals surface area contributed by atoms with E-state index in [1.807, 2.05) is 47.1 Å². The second-order valence-corrected chi connectivity index (χ2v) is 8.95. The molecule has 2 unspecified atom stereocenters. The molecular weight excluding hydrogens is 414 g/mol. The molecule has 0 radical (unpaired) electrons. The summed E-state index contributed by atoms with van der Waals surface area (Å²) in [5.74, 6) is 1.44. The third-order valence-corrected chi connectivity index (χ3v) is 6.52. The van der Waals surface area contributed by atoms with Crippen molar-refractivity contribution in [2.45, 2.75) is 30.7 Å². The number of para-hydroxylation sites is 1. The Morgan fingerprint density at radius 3 is 2.48 bits per heavy atom. The van der Waals surface area contributed by atoms with Crippen LogP contribution >= 0.6 is 0 Å². The highest BCUT2D eigenvalue weighted by Crippen LogP contribution is 2.40. The van der Waals surface area contributed by atoms with Crippen LogP contribution in [0.2, 0.25) is 0 Å². The Kier molecular flexibility index (Phi) is 6.41. The summed E-state index contributed by atoms with van der Waals surface area (Å²) in [5.41, 5.74) is 3.23. The molecule has 2 N–H and O–H groups in total. The van der Waals surface area contributed by atoms with E-state index in [1.54, 1.807) is 7.11 Å². The molecule has 2 heterocycles. The molecule has 0 spiro atoms. The molecule has 1 saturated carbocycles. The Balaban J connectivity index is 1.32. The maximum Gasteiger partial charge on any atom is 0.320 e. The molecule has 0 bridgehead atoms. The number of methoxy groups -OCH3 is 1. The lowest BCUT2D eigenvalue weighted by atomic mass is 9.94. The number of hydrogen-bond donors (Lipinski definition) is 2. The second kappa shape index (κ2) is 9.77. The smallest absolute Gasteiger partial charge is 0.320 e. The summed E-state index contributed by atoms with van der Waals surface area (Å²) in [5, 5.41) is 11.1. The summed E-state index contributed by atoms with van der Waals surface area (Å²) in [6.07, 6.45) is 2.32. The van der Waals surface area contributed by atoms with Crippen LogP contribution in [0.25, 0.3) is 5.69 Å². The van der Waals surface area contributed by atoms with E-state index < -0.39 is 0 Å². The summed E-state index contributed by atoms with van der Waals surface area (Å²) in [7, 11) is 1.72. The van der Waals surface area contributed by atoms with E-state index in [9.17, 15) is 4.79 Å². The first kappa shape index (κ1) is 21.7. The van der Waals surface area contributed by atoms with Gasteiger partial charge in [0.2, 0.25) is 0 Å². The highest BCUT2D eigenvalue weighted by Gasteiger charge is 2.35. The summed E-state index contributed by atoms with van der Waals surface area (Å²) in [4.78, 5) is 15.5. The molecule has 2 aliphatic rings. The predicted octanol–water partition coefficient (Wildman–Crippen LogP) is 3.99. The number of ether oxygens (including phenoxy) is 1. The molecule has 1 aliphatic heterocycles. The van der Waals surface area contributed by atoms with Crippen molar-refractivity contribution >= 4 is 11.8 Å². The van der Waals surface area contributed by atoms with Gasteiger partial charge in [-0.2, -0.15) is 5.10 Å². The highest BCUT2D eigenvalue weighted by atomic mass is 16.5. The SMILES string of the molecule is COCCN1CC(NC(=O)Nc2cc(C3CC3)nn2-c2ccccc2)C(c2ccccc2)C1. The lowest BCUT2D eigenvalue weighted by molar-refractivity contribution is 0.159. The Hall–Kier alpha value is -3.16. The lowest BCUT2D eigenvalue weighted by Crippen LogP contribution is -2.42. The highest BCUT2D eigenvalue weighted by molar-refractivity contribution is 5.89. The molecule has 2 fully saturated rings. The van der Waals surface area contributed by atoms with Crippen molar-refractivity contribution in [1.29, 1.82) is 0 Å². The van der Waals surface area contributed by atoms with E-state index in [0.29, 0.717) is 18.3 Å². The molecule has 2 amide bonds. The topological polar surface area (TPSA) is 71.4 Å². The number of benzene rings is 2. The van der Waals surface area contributed by atoms with Crippen LogP contribution in [0.5, 0.6) is 0 Å². The van der Waals surface area contributed by atoms with Gasteiger partial charge in [0.1, 0.15) is 5.82 Å². The van der Waals surface area contributed by atoms with Crippen molar-refractivity contribution in [2.24, 2.45) is 0 Å². The molecule has 1 saturated heterocycles. The van der Waals surface area contributed by atoms with E-state index in [2.05, 4.69) is 39.8 Å². The number of nitrogens with zero attached hydrogens (tertiary/aromatic N) is 3. The van der Waals surface area contributed by atoms with Crippen LogP contribution in [0.4, 0.5) is 10.6 Å². The van der Waals surface area contributed by atoms with Crippen LogP contribution in [-0.4, -0.2) is 60.1 Å². The summed E-state index contributed by atoms with van der Waals surface area (Å²) in [6, 6.07) is 22.2. The van der Waals surface area contributed by atoms with E-state index >= 15 is 0 Å². The van der Waals surface area contributed by atoms with Crippen molar-refractivity contribution in [1.82, 2.24) is 20.0 Å². The van der Waals surface area contributed by atoms with Crippen LogP contribution in [0.3, 0.4) is 0 Å². The summed E-state index contributed by atoms with van der Waals surface area (Å²) < 4.78 is 7.11. The first-order valence-electron chi connectivity index (χ1n) is 11.7. The quantitative estimate of drug-likeness (QED) is 0.550. The fraction of sp³-hybridized carbons (Fsp3) is 0.385. The van der Waals surface area contributed by atoms with Gasteiger partial charge in [0.05, 0.1) is 24.0 Å². The number of aromatic nitrogens is 2. The van der Waals surface area contributed by atoms with Gasteiger partial charge in [-0.15, -0.1) is 0 Å². The molecule has 1 aliphatic carbocycles. The molecular formula is C26H31N5O2. The van der Waals surface area contributed by atoms with Crippen molar-refractivity contribution in [3.05, 3.63) is 78.0 Å². The van der Waals surface area contributed by atoms with Crippen molar-refractivity contribution in [3.8, 4) is 5.69 Å². The molecule has 2 aromatic carbocycles. The molecule has 33 heavy (non-hydrogen) atoms. The number of amides is 2. The Labute approximate surface area is 194 Å². The average Bonchev–Trinajstić information content (AvgIpc) is 3.50. The first-order chi connectivity index (χ1) is 16.2. The molecule has 7 nitrogen and oxygen atoms in total. The zero-order valence-corrected chi connectivity index (χ0v) is 19.0. The number of likely N-dealkylation sites (tertiary alicyclic amines) is 1. The maximum absolute atomic E-state index is 13.1. The Bertz CT molecular complexity index is 1060. The molecule has 7 heteroatoms. The monoisotopic (exact) mass is 445 g/mol. The Morgan fingerprint density at radius 1 is 1.06 bits per heavy atom. The van der Waals surface area contributed by atoms with E-state index in [4.69, 9.17) is 9.84 Å². The minimum absolute atomic E-state index is 0.0141. The third-order valence-electron chi connectivity index (χ3n) is 6.52. The number of anilines is 1. The first-order valence-corrected chi connectivity index (χ1v) is 11.7. The second-order valence-electron chi connectivity index (χ2n) is 8.95. The van der Waals surface area contributed by atoms with E-state index in [0.717, 1.165) is 43.9 Å². The van der Waals surface area contributed by atoms with Crippen LogP contribution in [0.1, 0.15) is 35.9 Å². The minimum atomic E-state index is -0.200. The van der Waals surface area contributed by atoms with Crippen LogP contribution in [-0.2, 0) is 4.74 Å². The predicted molar refractivity (Wildman–Crippen MR) is 129 cm³/mol. The zero-order chi connectivity index (χ0) is 22.6. The maximum atomic E-state index is 13.1. The summed E-state index contributed by atoms with van der Waals surface area (Å²) >= 11 is 0. The number of carbonyl (C=O) groups is 1. The fourth-order valence-electron chi connectivity index (χ4n) is 4.63. The third kappa shape index (κ3) is 5.10. The van der Waals surface area contributed by atoms with Crippen molar-refractivity contribution in [3.63, 3.8) is 0 Å². The van der Waals surface area contributed by atoms with Gasteiger partial charge in [0.15, 0.2) is 0 Å². The average molecular weight is 446 g/mol. The number of carbonyl (C=O) groups excluding carboxylic acids is 1. The fourth-order valence-corrected chi connectivity index (χ4v) is 4.63. The Morgan fingerprint density at radius 2 is 1.79 bits per heavy atom. The van der Waals surface area contributed by atoms with Gasteiger partial charge in [-0.05, 0) is 30.5 Å². The number of nitrogens with one attached hydrogen (secondary N) is 2. The van der Waals surface area contributed by atoms with Crippen LogP contribution < -0.4 is 10.6 Å². The molecule has 2 atom stereocenters. The molecule has 5 rings (SSSR count). The van der Waals surface area contributed by atoms with Gasteiger partial charge in [-0.3, -0.25) is 10.2 Å². The largest absolute Gasteiger partial charge is 0.383 e. The van der Waals surface area contributed by atoms with E-state index in [1.165, 1.54) is 5.56 Å². The van der Waals surface area contributed by atoms with Gasteiger partial charge in [-0.25, -0.2) is 9.48 Å². The molecule has 172 valence electrons. The number of rotatable bonds is 8. The van der Waals surface area contributed by atoms with Gasteiger partial charge in [-0.1, -0.05) is 48.5 Å². The van der Waals surface area contributed by atoms with Crippen LogP contribution in [0.15, 0.2) is 66.7 Å². The van der Waals surface area contributed by atoms with Gasteiger partial charge >= 0.3 is 6.03 Å².